The average Bonchev–Trinajstić information content (AvgIpc) is 2.62. The molecule has 0 aliphatic rings. The second-order valence-corrected chi connectivity index (χ2v) is 7.67. The lowest BCUT2D eigenvalue weighted by atomic mass is 10.1. The van der Waals surface area contributed by atoms with Crippen LogP contribution in [0.15, 0.2) is 59.5 Å². The first-order valence-electron chi connectivity index (χ1n) is 8.32. The van der Waals surface area contributed by atoms with Gasteiger partial charge >= 0.3 is 0 Å². The van der Waals surface area contributed by atoms with Gasteiger partial charge in [-0.3, -0.25) is 4.79 Å². The molecule has 2 aromatic rings. The molecule has 0 aliphatic carbocycles. The molecule has 26 heavy (non-hydrogen) atoms. The van der Waals surface area contributed by atoms with E-state index in [0.717, 1.165) is 11.1 Å². The number of hydrogen-bond acceptors (Lipinski definition) is 4. The number of rotatable bonds is 9. The summed E-state index contributed by atoms with van der Waals surface area (Å²) in [7, 11) is -2.28. The fourth-order valence-electron chi connectivity index (χ4n) is 2.41. The van der Waals surface area contributed by atoms with Gasteiger partial charge in [-0.2, -0.15) is 4.72 Å². The fraction of sp³-hybridized carbons (Fsp3) is 0.316. The first-order chi connectivity index (χ1) is 12.4. The second-order valence-electron chi connectivity index (χ2n) is 5.96. The van der Waals surface area contributed by atoms with Gasteiger partial charge in [0.05, 0.1) is 11.5 Å². The maximum atomic E-state index is 12.7. The highest BCUT2D eigenvalue weighted by atomic mass is 32.2. The van der Waals surface area contributed by atoms with Crippen molar-refractivity contribution in [3.05, 3.63) is 65.7 Å². The summed E-state index contributed by atoms with van der Waals surface area (Å²) in [6.07, 6.45) is 0.255. The number of carbonyl (C=O) groups excluding carboxylic acids is 1. The molecule has 0 saturated carbocycles. The fourth-order valence-corrected chi connectivity index (χ4v) is 3.61. The van der Waals surface area contributed by atoms with Crippen LogP contribution in [0.25, 0.3) is 0 Å². The van der Waals surface area contributed by atoms with Gasteiger partial charge in [0.2, 0.25) is 15.9 Å². The van der Waals surface area contributed by atoms with Crippen LogP contribution in [0.4, 0.5) is 0 Å². The molecule has 2 N–H and O–H groups in total. The normalized spacial score (nSPS) is 12.5. The lowest BCUT2D eigenvalue weighted by molar-refractivity contribution is -0.122. The summed E-state index contributed by atoms with van der Waals surface area (Å²) in [5.41, 5.74) is 1.83. The highest BCUT2D eigenvalue weighted by Crippen LogP contribution is 2.12. The van der Waals surface area contributed by atoms with Crippen molar-refractivity contribution in [2.45, 2.75) is 24.3 Å². The van der Waals surface area contributed by atoms with Gasteiger partial charge in [-0.25, -0.2) is 8.42 Å². The largest absolute Gasteiger partial charge is 0.383 e. The summed E-state index contributed by atoms with van der Waals surface area (Å²) in [4.78, 5) is 12.6. The van der Waals surface area contributed by atoms with E-state index in [-0.39, 0.29) is 17.2 Å². The zero-order valence-corrected chi connectivity index (χ0v) is 15.8. The molecule has 0 spiro atoms. The number of sulfonamides is 1. The molecule has 2 rings (SSSR count). The standard InChI is InChI=1S/C19H24N2O4S/c1-15-8-10-17(11-9-15)26(23,24)21-18(19(22)20-12-13-25-2)14-16-6-4-3-5-7-16/h3-11,18,21H,12-14H2,1-2H3,(H,20,22). The maximum Gasteiger partial charge on any atom is 0.241 e. The molecule has 0 aromatic heterocycles. The Morgan fingerprint density at radius 1 is 1.08 bits per heavy atom. The number of nitrogens with one attached hydrogen (secondary N) is 2. The monoisotopic (exact) mass is 376 g/mol. The highest BCUT2D eigenvalue weighted by molar-refractivity contribution is 7.89. The summed E-state index contributed by atoms with van der Waals surface area (Å²) in [6, 6.07) is 14.9. The van der Waals surface area contributed by atoms with Gasteiger partial charge in [0, 0.05) is 13.7 Å². The molecule has 2 aromatic carbocycles. The SMILES string of the molecule is COCCNC(=O)C(Cc1ccccc1)NS(=O)(=O)c1ccc(C)cc1. The van der Waals surface area contributed by atoms with E-state index in [4.69, 9.17) is 4.74 Å². The summed E-state index contributed by atoms with van der Waals surface area (Å²) >= 11 is 0. The number of amides is 1. The van der Waals surface area contributed by atoms with Crippen molar-refractivity contribution in [1.29, 1.82) is 0 Å². The van der Waals surface area contributed by atoms with Crippen molar-refractivity contribution in [2.24, 2.45) is 0 Å². The van der Waals surface area contributed by atoms with Crippen molar-refractivity contribution in [1.82, 2.24) is 10.0 Å². The zero-order chi connectivity index (χ0) is 19.0. The van der Waals surface area contributed by atoms with Crippen molar-refractivity contribution in [3.63, 3.8) is 0 Å². The Labute approximate surface area is 154 Å². The number of carbonyl (C=O) groups is 1. The molecule has 6 nitrogen and oxygen atoms in total. The molecule has 0 radical (unpaired) electrons. The van der Waals surface area contributed by atoms with Gasteiger partial charge in [-0.1, -0.05) is 48.0 Å². The third-order valence-corrected chi connectivity index (χ3v) is 5.32. The summed E-state index contributed by atoms with van der Waals surface area (Å²) in [5.74, 6) is -0.387. The van der Waals surface area contributed by atoms with Crippen molar-refractivity contribution in [3.8, 4) is 0 Å². The Morgan fingerprint density at radius 2 is 1.73 bits per heavy atom. The van der Waals surface area contributed by atoms with Gasteiger partial charge in [-0.15, -0.1) is 0 Å². The first kappa shape index (κ1) is 20.1. The van der Waals surface area contributed by atoms with E-state index < -0.39 is 16.1 Å². The Hall–Kier alpha value is -2.22. The van der Waals surface area contributed by atoms with Crippen molar-refractivity contribution in [2.75, 3.05) is 20.3 Å². The van der Waals surface area contributed by atoms with Gasteiger partial charge in [0.1, 0.15) is 6.04 Å². The Kier molecular flexibility index (Phi) is 7.32. The van der Waals surface area contributed by atoms with E-state index in [0.29, 0.717) is 13.2 Å². The van der Waals surface area contributed by atoms with Crippen molar-refractivity contribution < 1.29 is 17.9 Å². The molecule has 1 unspecified atom stereocenters. The van der Waals surface area contributed by atoms with E-state index in [2.05, 4.69) is 10.0 Å². The maximum absolute atomic E-state index is 12.7. The quantitative estimate of drug-likeness (QED) is 0.652. The van der Waals surface area contributed by atoms with Crippen LogP contribution in [0.2, 0.25) is 0 Å². The molecule has 0 saturated heterocycles. The number of benzene rings is 2. The molecular formula is C19H24N2O4S. The van der Waals surface area contributed by atoms with Gasteiger partial charge in [0.25, 0.3) is 0 Å². The number of ether oxygens (including phenoxy) is 1. The van der Waals surface area contributed by atoms with E-state index in [1.165, 1.54) is 19.2 Å². The predicted octanol–water partition coefficient (Wildman–Crippen LogP) is 1.65. The van der Waals surface area contributed by atoms with Crippen LogP contribution < -0.4 is 10.0 Å². The third-order valence-electron chi connectivity index (χ3n) is 3.83. The molecule has 0 aliphatic heterocycles. The van der Waals surface area contributed by atoms with Gasteiger partial charge in [0.15, 0.2) is 0 Å². The van der Waals surface area contributed by atoms with Crippen LogP contribution >= 0.6 is 0 Å². The van der Waals surface area contributed by atoms with Crippen LogP contribution in [0, 0.1) is 6.92 Å². The lowest BCUT2D eigenvalue weighted by Gasteiger charge is -2.19. The highest BCUT2D eigenvalue weighted by Gasteiger charge is 2.25. The third kappa shape index (κ3) is 5.94. The Bertz CT molecular complexity index is 805. The Balaban J connectivity index is 2.19. The van der Waals surface area contributed by atoms with Crippen LogP contribution in [-0.2, 0) is 26.0 Å². The molecule has 0 fully saturated rings. The van der Waals surface area contributed by atoms with Gasteiger partial charge in [-0.05, 0) is 31.0 Å². The van der Waals surface area contributed by atoms with Crippen LogP contribution in [0.1, 0.15) is 11.1 Å². The molecule has 1 atom stereocenters. The minimum absolute atomic E-state index is 0.130. The molecule has 7 heteroatoms. The summed E-state index contributed by atoms with van der Waals surface area (Å²) in [5, 5.41) is 2.70. The van der Waals surface area contributed by atoms with Crippen LogP contribution in [0.5, 0.6) is 0 Å². The molecule has 0 bridgehead atoms. The lowest BCUT2D eigenvalue weighted by Crippen LogP contribution is -2.48. The van der Waals surface area contributed by atoms with Crippen LogP contribution in [-0.4, -0.2) is 40.6 Å². The molecule has 0 heterocycles. The van der Waals surface area contributed by atoms with E-state index in [1.54, 1.807) is 12.1 Å². The Morgan fingerprint density at radius 3 is 2.35 bits per heavy atom. The second kappa shape index (κ2) is 9.47. The topological polar surface area (TPSA) is 84.5 Å². The minimum Gasteiger partial charge on any atom is -0.383 e. The molecular weight excluding hydrogens is 352 g/mol. The van der Waals surface area contributed by atoms with E-state index >= 15 is 0 Å². The minimum atomic E-state index is -3.81. The van der Waals surface area contributed by atoms with Crippen molar-refractivity contribution >= 4 is 15.9 Å². The first-order valence-corrected chi connectivity index (χ1v) is 9.80. The molecule has 140 valence electrons. The average molecular weight is 376 g/mol. The van der Waals surface area contributed by atoms with E-state index in [1.807, 2.05) is 37.3 Å². The number of methoxy groups -OCH3 is 1. The summed E-state index contributed by atoms with van der Waals surface area (Å²) < 4.78 is 32.8. The van der Waals surface area contributed by atoms with E-state index in [9.17, 15) is 13.2 Å². The molecule has 1 amide bonds. The zero-order valence-electron chi connectivity index (χ0n) is 14.9. The predicted molar refractivity (Wildman–Crippen MR) is 100 cm³/mol. The smallest absolute Gasteiger partial charge is 0.241 e. The number of aryl methyl sites for hydroxylation is 1. The van der Waals surface area contributed by atoms with Gasteiger partial charge < -0.3 is 10.1 Å². The number of hydrogen-bond donors (Lipinski definition) is 2. The van der Waals surface area contributed by atoms with Crippen LogP contribution in [0.3, 0.4) is 0 Å². The summed E-state index contributed by atoms with van der Waals surface area (Å²) in [6.45, 7) is 2.55.